The number of nitrogens with one attached hydrogen (secondary N) is 1. The van der Waals surface area contributed by atoms with Crippen LogP contribution in [0, 0.1) is 5.92 Å². The van der Waals surface area contributed by atoms with Gasteiger partial charge in [0, 0.05) is 24.7 Å². The number of rotatable bonds is 5. The van der Waals surface area contributed by atoms with E-state index in [1.54, 1.807) is 19.2 Å². The van der Waals surface area contributed by atoms with Gasteiger partial charge in [-0.2, -0.15) is 0 Å². The summed E-state index contributed by atoms with van der Waals surface area (Å²) in [6.07, 6.45) is 2.42. The second kappa shape index (κ2) is 7.46. The molecule has 4 nitrogen and oxygen atoms in total. The smallest absolute Gasteiger partial charge is 0.251 e. The summed E-state index contributed by atoms with van der Waals surface area (Å²) in [6, 6.07) is 7.82. The minimum absolute atomic E-state index is 0.000626. The maximum atomic E-state index is 12.1. The van der Waals surface area contributed by atoms with Crippen LogP contribution in [-0.2, 0) is 0 Å². The fourth-order valence-electron chi connectivity index (χ4n) is 2.81. The molecule has 0 radical (unpaired) electrons. The lowest BCUT2D eigenvalue weighted by Gasteiger charge is -2.35. The standard InChI is InChI=1S/C17H26N2O2/c1-13(2)19-10-4-5-14(12-19)11-18-17(20)15-6-8-16(21-3)9-7-15/h6-9,13-14H,4-5,10-12H2,1-3H3,(H,18,20)/t14-/m0/s1. The monoisotopic (exact) mass is 290 g/mol. The first-order chi connectivity index (χ1) is 10.1. The molecule has 1 aliphatic rings. The molecule has 0 aliphatic carbocycles. The Balaban J connectivity index is 1.82. The number of hydrogen-bond acceptors (Lipinski definition) is 3. The van der Waals surface area contributed by atoms with Gasteiger partial charge < -0.3 is 15.0 Å². The molecule has 1 atom stereocenters. The van der Waals surface area contributed by atoms with E-state index in [9.17, 15) is 4.79 Å². The maximum absolute atomic E-state index is 12.1. The first-order valence-corrected chi connectivity index (χ1v) is 7.76. The molecule has 0 spiro atoms. The molecule has 1 fully saturated rings. The van der Waals surface area contributed by atoms with Crippen molar-refractivity contribution >= 4 is 5.91 Å². The zero-order chi connectivity index (χ0) is 15.2. The lowest BCUT2D eigenvalue weighted by atomic mass is 9.97. The predicted molar refractivity (Wildman–Crippen MR) is 84.8 cm³/mol. The van der Waals surface area contributed by atoms with E-state index in [0.29, 0.717) is 17.5 Å². The molecule has 21 heavy (non-hydrogen) atoms. The fourth-order valence-corrected chi connectivity index (χ4v) is 2.81. The van der Waals surface area contributed by atoms with Crippen LogP contribution in [0.25, 0.3) is 0 Å². The van der Waals surface area contributed by atoms with Crippen molar-refractivity contribution in [1.82, 2.24) is 10.2 Å². The molecule has 1 aliphatic heterocycles. The third-order valence-corrected chi connectivity index (χ3v) is 4.18. The fraction of sp³-hybridized carbons (Fsp3) is 0.588. The third kappa shape index (κ3) is 4.46. The van der Waals surface area contributed by atoms with Gasteiger partial charge in [0.25, 0.3) is 5.91 Å². The summed E-state index contributed by atoms with van der Waals surface area (Å²) >= 11 is 0. The minimum atomic E-state index is -0.000626. The Labute approximate surface area is 127 Å². The van der Waals surface area contributed by atoms with Gasteiger partial charge in [0.2, 0.25) is 0 Å². The van der Waals surface area contributed by atoms with Gasteiger partial charge in [-0.15, -0.1) is 0 Å². The Morgan fingerprint density at radius 1 is 1.38 bits per heavy atom. The van der Waals surface area contributed by atoms with Gasteiger partial charge >= 0.3 is 0 Å². The van der Waals surface area contributed by atoms with E-state index in [2.05, 4.69) is 24.1 Å². The first kappa shape index (κ1) is 15.8. The third-order valence-electron chi connectivity index (χ3n) is 4.18. The van der Waals surface area contributed by atoms with Gasteiger partial charge in [0.05, 0.1) is 7.11 Å². The molecule has 1 amide bonds. The van der Waals surface area contributed by atoms with Gasteiger partial charge in [-0.3, -0.25) is 4.79 Å². The number of hydrogen-bond donors (Lipinski definition) is 1. The predicted octanol–water partition coefficient (Wildman–Crippen LogP) is 2.55. The van der Waals surface area contributed by atoms with Crippen molar-refractivity contribution < 1.29 is 9.53 Å². The van der Waals surface area contributed by atoms with E-state index in [1.165, 1.54) is 19.4 Å². The quantitative estimate of drug-likeness (QED) is 0.906. The number of benzene rings is 1. The summed E-state index contributed by atoms with van der Waals surface area (Å²) < 4.78 is 5.10. The average Bonchev–Trinajstić information content (AvgIpc) is 2.53. The normalized spacial score (nSPS) is 19.5. The molecule has 116 valence electrons. The Morgan fingerprint density at radius 2 is 2.10 bits per heavy atom. The van der Waals surface area contributed by atoms with Crippen LogP contribution >= 0.6 is 0 Å². The zero-order valence-corrected chi connectivity index (χ0v) is 13.3. The van der Waals surface area contributed by atoms with Crippen molar-refractivity contribution in [1.29, 1.82) is 0 Å². The lowest BCUT2D eigenvalue weighted by Crippen LogP contribution is -2.43. The van der Waals surface area contributed by atoms with Crippen LogP contribution < -0.4 is 10.1 Å². The second-order valence-corrected chi connectivity index (χ2v) is 6.04. The molecule has 1 heterocycles. The SMILES string of the molecule is COc1ccc(C(=O)NC[C@@H]2CCCN(C(C)C)C2)cc1. The van der Waals surface area contributed by atoms with E-state index in [1.807, 2.05) is 12.1 Å². The first-order valence-electron chi connectivity index (χ1n) is 7.76. The van der Waals surface area contributed by atoms with Gasteiger partial charge in [0.1, 0.15) is 5.75 Å². The Bertz CT molecular complexity index is 456. The zero-order valence-electron chi connectivity index (χ0n) is 13.3. The molecule has 0 saturated carbocycles. The molecular formula is C17H26N2O2. The minimum Gasteiger partial charge on any atom is -0.497 e. The molecule has 0 unspecified atom stereocenters. The average molecular weight is 290 g/mol. The van der Waals surface area contributed by atoms with Crippen LogP contribution in [0.3, 0.4) is 0 Å². The largest absolute Gasteiger partial charge is 0.497 e. The number of carbonyl (C=O) groups excluding carboxylic acids is 1. The van der Waals surface area contributed by atoms with Crippen LogP contribution in [0.4, 0.5) is 0 Å². The molecule has 1 aromatic carbocycles. The summed E-state index contributed by atoms with van der Waals surface area (Å²) in [5, 5.41) is 3.06. The van der Waals surface area contributed by atoms with Crippen molar-refractivity contribution in [2.24, 2.45) is 5.92 Å². The molecule has 1 aromatic rings. The van der Waals surface area contributed by atoms with E-state index in [0.717, 1.165) is 18.8 Å². The van der Waals surface area contributed by atoms with E-state index in [-0.39, 0.29) is 5.91 Å². The number of methoxy groups -OCH3 is 1. The summed E-state index contributed by atoms with van der Waals surface area (Å²) in [5.41, 5.74) is 0.687. The van der Waals surface area contributed by atoms with E-state index >= 15 is 0 Å². The highest BCUT2D eigenvalue weighted by Gasteiger charge is 2.22. The Kier molecular flexibility index (Phi) is 5.62. The van der Waals surface area contributed by atoms with Gasteiger partial charge in [-0.25, -0.2) is 0 Å². The number of piperidine rings is 1. The van der Waals surface area contributed by atoms with E-state index < -0.39 is 0 Å². The van der Waals surface area contributed by atoms with Crippen molar-refractivity contribution in [3.05, 3.63) is 29.8 Å². The molecule has 4 heteroatoms. The molecule has 0 aromatic heterocycles. The summed E-state index contributed by atoms with van der Waals surface area (Å²) in [6.45, 7) is 7.49. The summed E-state index contributed by atoms with van der Waals surface area (Å²) in [7, 11) is 1.62. The molecule has 0 bridgehead atoms. The maximum Gasteiger partial charge on any atom is 0.251 e. The Hall–Kier alpha value is -1.55. The van der Waals surface area contributed by atoms with Gasteiger partial charge in [-0.1, -0.05) is 0 Å². The summed E-state index contributed by atoms with van der Waals surface area (Å²) in [5.74, 6) is 1.33. The van der Waals surface area contributed by atoms with Crippen molar-refractivity contribution in [3.8, 4) is 5.75 Å². The molecule has 1 N–H and O–H groups in total. The Morgan fingerprint density at radius 3 is 2.71 bits per heavy atom. The van der Waals surface area contributed by atoms with Crippen LogP contribution in [0.2, 0.25) is 0 Å². The second-order valence-electron chi connectivity index (χ2n) is 6.04. The van der Waals surface area contributed by atoms with Crippen LogP contribution in [0.1, 0.15) is 37.0 Å². The number of carbonyl (C=O) groups is 1. The van der Waals surface area contributed by atoms with E-state index in [4.69, 9.17) is 4.74 Å². The molecular weight excluding hydrogens is 264 g/mol. The number of nitrogens with zero attached hydrogens (tertiary/aromatic N) is 1. The van der Waals surface area contributed by atoms with Gasteiger partial charge in [0.15, 0.2) is 0 Å². The van der Waals surface area contributed by atoms with Gasteiger partial charge in [-0.05, 0) is 63.4 Å². The molecule has 2 rings (SSSR count). The van der Waals surface area contributed by atoms with Crippen molar-refractivity contribution in [3.63, 3.8) is 0 Å². The van der Waals surface area contributed by atoms with Crippen LogP contribution in [0.15, 0.2) is 24.3 Å². The van der Waals surface area contributed by atoms with Crippen molar-refractivity contribution in [2.45, 2.75) is 32.7 Å². The highest BCUT2D eigenvalue weighted by molar-refractivity contribution is 5.94. The highest BCUT2D eigenvalue weighted by atomic mass is 16.5. The number of ether oxygens (including phenoxy) is 1. The topological polar surface area (TPSA) is 41.6 Å². The van der Waals surface area contributed by atoms with Crippen molar-refractivity contribution in [2.75, 3.05) is 26.7 Å². The number of likely N-dealkylation sites (tertiary alicyclic amines) is 1. The lowest BCUT2D eigenvalue weighted by molar-refractivity contribution is 0.0922. The van der Waals surface area contributed by atoms with Crippen LogP contribution in [-0.4, -0.2) is 43.6 Å². The summed E-state index contributed by atoms with van der Waals surface area (Å²) in [4.78, 5) is 14.6. The highest BCUT2D eigenvalue weighted by Crippen LogP contribution is 2.18. The number of amides is 1. The van der Waals surface area contributed by atoms with Crippen LogP contribution in [0.5, 0.6) is 5.75 Å². The molecule has 1 saturated heterocycles.